The molecule has 1 aromatic carbocycles. The number of aliphatic hydroxyl groups excluding tert-OH is 1. The average Bonchev–Trinajstić information content (AvgIpc) is 2.97. The highest BCUT2D eigenvalue weighted by Gasteiger charge is 2.21. The first-order valence-electron chi connectivity index (χ1n) is 7.13. The van der Waals surface area contributed by atoms with Crippen LogP contribution in [0, 0.1) is 5.92 Å². The number of hydrogen-bond acceptors (Lipinski definition) is 1. The largest absolute Gasteiger partial charge is 0.388 e. The first kappa shape index (κ1) is 11.3. The van der Waals surface area contributed by atoms with Crippen molar-refractivity contribution >= 4 is 0 Å². The molecule has 1 atom stereocenters. The summed E-state index contributed by atoms with van der Waals surface area (Å²) < 4.78 is 0. The van der Waals surface area contributed by atoms with Crippen LogP contribution in [-0.2, 0) is 12.8 Å². The first-order valence-corrected chi connectivity index (χ1v) is 7.13. The quantitative estimate of drug-likeness (QED) is 0.837. The number of hydrogen-bond donors (Lipinski definition) is 1. The lowest BCUT2D eigenvalue weighted by atomic mass is 9.94. The van der Waals surface area contributed by atoms with E-state index in [0.29, 0.717) is 0 Å². The van der Waals surface area contributed by atoms with Gasteiger partial charge in [0.25, 0.3) is 0 Å². The second-order valence-electron chi connectivity index (χ2n) is 5.78. The van der Waals surface area contributed by atoms with E-state index < -0.39 is 0 Å². The second-order valence-corrected chi connectivity index (χ2v) is 5.78. The second kappa shape index (κ2) is 4.81. The molecule has 17 heavy (non-hydrogen) atoms. The van der Waals surface area contributed by atoms with Crippen LogP contribution in [0.5, 0.6) is 0 Å². The zero-order chi connectivity index (χ0) is 11.7. The zero-order valence-corrected chi connectivity index (χ0v) is 10.5. The lowest BCUT2D eigenvalue weighted by Crippen LogP contribution is -2.04. The van der Waals surface area contributed by atoms with Gasteiger partial charge in [0.05, 0.1) is 6.10 Å². The maximum absolute atomic E-state index is 10.3. The topological polar surface area (TPSA) is 20.2 Å². The molecule has 0 bridgehead atoms. The summed E-state index contributed by atoms with van der Waals surface area (Å²) in [5.74, 6) is 0.762. The minimum absolute atomic E-state index is 0.232. The first-order chi connectivity index (χ1) is 8.33. The Bertz CT molecular complexity index is 391. The van der Waals surface area contributed by atoms with E-state index in [1.807, 2.05) is 0 Å². The molecule has 92 valence electrons. The van der Waals surface area contributed by atoms with Crippen LogP contribution in [0.25, 0.3) is 0 Å². The smallest absolute Gasteiger partial charge is 0.0792 e. The summed E-state index contributed by atoms with van der Waals surface area (Å²) in [4.78, 5) is 0. The Morgan fingerprint density at radius 2 is 1.82 bits per heavy atom. The number of fused-ring (bicyclic) bond motifs is 1. The van der Waals surface area contributed by atoms with Gasteiger partial charge in [0.2, 0.25) is 0 Å². The number of rotatable bonds is 3. The zero-order valence-electron chi connectivity index (χ0n) is 10.5. The molecule has 1 nitrogen and oxygen atoms in total. The Hall–Kier alpha value is -0.820. The summed E-state index contributed by atoms with van der Waals surface area (Å²) in [6, 6.07) is 6.63. The van der Waals surface area contributed by atoms with Crippen molar-refractivity contribution in [2.75, 3.05) is 0 Å². The SMILES string of the molecule is OC(CC1CCCC1)c1ccc2c(c1)CCC2. The van der Waals surface area contributed by atoms with Gasteiger partial charge in [-0.3, -0.25) is 0 Å². The minimum atomic E-state index is -0.232. The fraction of sp³-hybridized carbons (Fsp3) is 0.625. The maximum Gasteiger partial charge on any atom is 0.0792 e. The fourth-order valence-electron chi connectivity index (χ4n) is 3.50. The van der Waals surface area contributed by atoms with Crippen LogP contribution in [0.4, 0.5) is 0 Å². The normalized spacial score (nSPS) is 21.7. The number of benzene rings is 1. The third-order valence-corrected chi connectivity index (χ3v) is 4.54. The molecule has 1 fully saturated rings. The summed E-state index contributed by atoms with van der Waals surface area (Å²) in [5, 5.41) is 10.3. The Kier molecular flexibility index (Phi) is 3.19. The summed E-state index contributed by atoms with van der Waals surface area (Å²) in [6.07, 6.45) is 9.83. The van der Waals surface area contributed by atoms with Crippen molar-refractivity contribution in [2.24, 2.45) is 5.92 Å². The molecular formula is C16H22O. The lowest BCUT2D eigenvalue weighted by molar-refractivity contribution is 0.145. The van der Waals surface area contributed by atoms with E-state index in [1.165, 1.54) is 56.1 Å². The Morgan fingerprint density at radius 3 is 2.65 bits per heavy atom. The molecular weight excluding hydrogens is 208 g/mol. The minimum Gasteiger partial charge on any atom is -0.388 e. The molecule has 1 saturated carbocycles. The van der Waals surface area contributed by atoms with Crippen molar-refractivity contribution in [3.8, 4) is 0 Å². The predicted molar refractivity (Wildman–Crippen MR) is 70.0 cm³/mol. The van der Waals surface area contributed by atoms with E-state index >= 15 is 0 Å². The Morgan fingerprint density at radius 1 is 1.06 bits per heavy atom. The van der Waals surface area contributed by atoms with Gasteiger partial charge in [-0.05, 0) is 48.3 Å². The molecule has 0 aromatic heterocycles. The summed E-state index contributed by atoms with van der Waals surface area (Å²) >= 11 is 0. The van der Waals surface area contributed by atoms with Crippen molar-refractivity contribution in [3.63, 3.8) is 0 Å². The van der Waals surface area contributed by atoms with Gasteiger partial charge in [0, 0.05) is 0 Å². The number of aryl methyl sites for hydroxylation is 2. The van der Waals surface area contributed by atoms with E-state index in [4.69, 9.17) is 0 Å². The van der Waals surface area contributed by atoms with Gasteiger partial charge in [0.15, 0.2) is 0 Å². The van der Waals surface area contributed by atoms with Crippen LogP contribution in [0.2, 0.25) is 0 Å². The molecule has 0 radical (unpaired) electrons. The van der Waals surface area contributed by atoms with Crippen LogP contribution < -0.4 is 0 Å². The molecule has 0 spiro atoms. The van der Waals surface area contributed by atoms with E-state index in [1.54, 1.807) is 0 Å². The molecule has 1 heteroatoms. The molecule has 0 heterocycles. The molecule has 3 rings (SSSR count). The molecule has 0 saturated heterocycles. The summed E-state index contributed by atoms with van der Waals surface area (Å²) in [6.45, 7) is 0. The molecule has 2 aliphatic rings. The van der Waals surface area contributed by atoms with Crippen LogP contribution >= 0.6 is 0 Å². The van der Waals surface area contributed by atoms with Crippen LogP contribution in [0.1, 0.15) is 61.3 Å². The molecule has 1 N–H and O–H groups in total. The van der Waals surface area contributed by atoms with Gasteiger partial charge in [-0.1, -0.05) is 43.9 Å². The van der Waals surface area contributed by atoms with E-state index in [0.717, 1.165) is 17.9 Å². The van der Waals surface area contributed by atoms with Gasteiger partial charge >= 0.3 is 0 Å². The Balaban J connectivity index is 1.70. The monoisotopic (exact) mass is 230 g/mol. The van der Waals surface area contributed by atoms with Crippen LogP contribution in [0.15, 0.2) is 18.2 Å². The highest BCUT2D eigenvalue weighted by Crippen LogP contribution is 2.34. The summed E-state index contributed by atoms with van der Waals surface area (Å²) in [7, 11) is 0. The van der Waals surface area contributed by atoms with Crippen molar-refractivity contribution in [3.05, 3.63) is 34.9 Å². The molecule has 2 aliphatic carbocycles. The van der Waals surface area contributed by atoms with Gasteiger partial charge in [-0.2, -0.15) is 0 Å². The van der Waals surface area contributed by atoms with Crippen molar-refractivity contribution < 1.29 is 5.11 Å². The van der Waals surface area contributed by atoms with Gasteiger partial charge < -0.3 is 5.11 Å². The highest BCUT2D eigenvalue weighted by atomic mass is 16.3. The molecule has 0 amide bonds. The lowest BCUT2D eigenvalue weighted by Gasteiger charge is -2.16. The Labute approximate surface area is 104 Å². The standard InChI is InChI=1S/C16H22O/c17-16(10-12-4-1-2-5-12)15-9-8-13-6-3-7-14(13)11-15/h8-9,11-12,16-17H,1-7,10H2. The predicted octanol–water partition coefficient (Wildman–Crippen LogP) is 3.79. The van der Waals surface area contributed by atoms with Crippen molar-refractivity contribution in [1.29, 1.82) is 0 Å². The van der Waals surface area contributed by atoms with E-state index in [2.05, 4.69) is 18.2 Å². The van der Waals surface area contributed by atoms with Crippen LogP contribution in [-0.4, -0.2) is 5.11 Å². The van der Waals surface area contributed by atoms with Gasteiger partial charge in [-0.25, -0.2) is 0 Å². The maximum atomic E-state index is 10.3. The third kappa shape index (κ3) is 2.40. The molecule has 0 aliphatic heterocycles. The van der Waals surface area contributed by atoms with Crippen LogP contribution in [0.3, 0.4) is 0 Å². The average molecular weight is 230 g/mol. The number of aliphatic hydroxyl groups is 1. The van der Waals surface area contributed by atoms with E-state index in [-0.39, 0.29) is 6.10 Å². The summed E-state index contributed by atoms with van der Waals surface area (Å²) in [5.41, 5.74) is 4.13. The van der Waals surface area contributed by atoms with Gasteiger partial charge in [-0.15, -0.1) is 0 Å². The fourth-order valence-corrected chi connectivity index (χ4v) is 3.50. The molecule has 1 unspecified atom stereocenters. The molecule has 1 aromatic rings. The van der Waals surface area contributed by atoms with E-state index in [9.17, 15) is 5.11 Å². The highest BCUT2D eigenvalue weighted by molar-refractivity contribution is 5.36. The van der Waals surface area contributed by atoms with Crippen molar-refractivity contribution in [1.82, 2.24) is 0 Å². The van der Waals surface area contributed by atoms with Gasteiger partial charge in [0.1, 0.15) is 0 Å². The van der Waals surface area contributed by atoms with Crippen molar-refractivity contribution in [2.45, 2.75) is 57.5 Å². The third-order valence-electron chi connectivity index (χ3n) is 4.54.